The van der Waals surface area contributed by atoms with E-state index >= 15 is 0 Å². The van der Waals surface area contributed by atoms with Crippen LogP contribution in [0, 0.1) is 11.8 Å². The van der Waals surface area contributed by atoms with Gasteiger partial charge in [0.25, 0.3) is 0 Å². The van der Waals surface area contributed by atoms with Crippen LogP contribution in [-0.2, 0) is 9.53 Å². The van der Waals surface area contributed by atoms with Gasteiger partial charge in [0.15, 0.2) is 0 Å². The summed E-state index contributed by atoms with van der Waals surface area (Å²) < 4.78 is 5.83. The van der Waals surface area contributed by atoms with Gasteiger partial charge in [-0.1, -0.05) is 13.8 Å². The Morgan fingerprint density at radius 1 is 1.32 bits per heavy atom. The molecule has 0 aromatic rings. The van der Waals surface area contributed by atoms with Crippen LogP contribution in [0.2, 0.25) is 0 Å². The summed E-state index contributed by atoms with van der Waals surface area (Å²) in [5, 5.41) is 8.85. The van der Waals surface area contributed by atoms with Gasteiger partial charge in [0.05, 0.1) is 6.10 Å². The highest BCUT2D eigenvalue weighted by Crippen LogP contribution is 2.28. The molecule has 110 valence electrons. The first-order valence-corrected chi connectivity index (χ1v) is 7.63. The van der Waals surface area contributed by atoms with Crippen LogP contribution in [0.5, 0.6) is 0 Å². The summed E-state index contributed by atoms with van der Waals surface area (Å²) in [6.45, 7) is 7.46. The maximum atomic E-state index is 10.7. The molecule has 0 spiro atoms. The van der Waals surface area contributed by atoms with E-state index in [1.807, 2.05) is 0 Å². The summed E-state index contributed by atoms with van der Waals surface area (Å²) in [6.07, 6.45) is 5.09. The molecule has 2 aliphatic heterocycles. The van der Waals surface area contributed by atoms with Crippen LogP contribution in [0.1, 0.15) is 46.0 Å². The lowest BCUT2D eigenvalue weighted by Gasteiger charge is -2.42. The van der Waals surface area contributed by atoms with Crippen LogP contribution in [0.4, 0.5) is 0 Å². The molecule has 1 N–H and O–H groups in total. The molecule has 0 aromatic heterocycles. The largest absolute Gasteiger partial charge is 0.481 e. The number of carbonyl (C=O) groups is 1. The molecule has 0 aromatic carbocycles. The van der Waals surface area contributed by atoms with Gasteiger partial charge in [0, 0.05) is 19.1 Å². The lowest BCUT2D eigenvalue weighted by atomic mass is 9.89. The molecule has 2 unspecified atom stereocenters. The highest BCUT2D eigenvalue weighted by Gasteiger charge is 2.31. The Hall–Kier alpha value is -0.610. The number of hydrogen-bond donors (Lipinski definition) is 1. The third kappa shape index (κ3) is 4.18. The Morgan fingerprint density at radius 2 is 2.00 bits per heavy atom. The van der Waals surface area contributed by atoms with Gasteiger partial charge in [-0.15, -0.1) is 0 Å². The molecule has 2 rings (SSSR count). The normalized spacial score (nSPS) is 30.7. The topological polar surface area (TPSA) is 49.8 Å². The van der Waals surface area contributed by atoms with E-state index in [9.17, 15) is 4.79 Å². The summed E-state index contributed by atoms with van der Waals surface area (Å²) in [4.78, 5) is 13.3. The lowest BCUT2D eigenvalue weighted by Crippen LogP contribution is -2.47. The van der Waals surface area contributed by atoms with Crippen LogP contribution in [0.25, 0.3) is 0 Å². The molecular weight excluding hydrogens is 242 g/mol. The standard InChI is InChI=1S/C15H27NO3/c1-11(2)14-10-13(5-8-19-14)16-6-3-12(4-7-16)9-15(17)18/h11-14H,3-10H2,1-2H3,(H,17,18). The van der Waals surface area contributed by atoms with Crippen molar-refractivity contribution in [1.82, 2.24) is 4.90 Å². The second-order valence-corrected chi connectivity index (χ2v) is 6.41. The highest BCUT2D eigenvalue weighted by atomic mass is 16.5. The van der Waals surface area contributed by atoms with E-state index in [-0.39, 0.29) is 0 Å². The van der Waals surface area contributed by atoms with Crippen molar-refractivity contribution in [3.05, 3.63) is 0 Å². The predicted octanol–water partition coefficient (Wildman–Crippen LogP) is 2.38. The molecular formula is C15H27NO3. The van der Waals surface area contributed by atoms with E-state index in [0.717, 1.165) is 45.4 Å². The number of likely N-dealkylation sites (tertiary alicyclic amines) is 1. The summed E-state index contributed by atoms with van der Waals surface area (Å²) in [6, 6.07) is 0.645. The maximum absolute atomic E-state index is 10.7. The van der Waals surface area contributed by atoms with Crippen LogP contribution >= 0.6 is 0 Å². The smallest absolute Gasteiger partial charge is 0.303 e. The Balaban J connectivity index is 1.79. The van der Waals surface area contributed by atoms with Gasteiger partial charge in [0.1, 0.15) is 0 Å². The first-order valence-electron chi connectivity index (χ1n) is 7.63. The van der Waals surface area contributed by atoms with E-state index in [4.69, 9.17) is 9.84 Å². The van der Waals surface area contributed by atoms with E-state index in [1.165, 1.54) is 0 Å². The molecule has 0 radical (unpaired) electrons. The zero-order valence-electron chi connectivity index (χ0n) is 12.2. The van der Waals surface area contributed by atoms with Crippen molar-refractivity contribution in [3.8, 4) is 0 Å². The van der Waals surface area contributed by atoms with Crippen LogP contribution in [-0.4, -0.2) is 47.8 Å². The Kier molecular flexibility index (Phi) is 5.22. The first kappa shape index (κ1) is 14.8. The zero-order chi connectivity index (χ0) is 13.8. The third-order valence-electron chi connectivity index (χ3n) is 4.66. The van der Waals surface area contributed by atoms with Crippen LogP contribution < -0.4 is 0 Å². The number of nitrogens with zero attached hydrogens (tertiary/aromatic N) is 1. The molecule has 0 bridgehead atoms. The summed E-state index contributed by atoms with van der Waals surface area (Å²) in [7, 11) is 0. The molecule has 2 aliphatic rings. The maximum Gasteiger partial charge on any atom is 0.303 e. The predicted molar refractivity (Wildman–Crippen MR) is 74.1 cm³/mol. The third-order valence-corrected chi connectivity index (χ3v) is 4.66. The summed E-state index contributed by atoms with van der Waals surface area (Å²) >= 11 is 0. The van der Waals surface area contributed by atoms with Crippen molar-refractivity contribution in [2.24, 2.45) is 11.8 Å². The summed E-state index contributed by atoms with van der Waals surface area (Å²) in [5.41, 5.74) is 0. The molecule has 2 saturated heterocycles. The average molecular weight is 269 g/mol. The van der Waals surface area contributed by atoms with Crippen LogP contribution in [0.3, 0.4) is 0 Å². The number of aliphatic carboxylic acids is 1. The van der Waals surface area contributed by atoms with Crippen molar-refractivity contribution >= 4 is 5.97 Å². The number of rotatable bonds is 4. The molecule has 2 fully saturated rings. The number of ether oxygens (including phenoxy) is 1. The first-order chi connectivity index (χ1) is 9.06. The molecule has 0 aliphatic carbocycles. The number of piperidine rings is 1. The van der Waals surface area contributed by atoms with E-state index in [0.29, 0.717) is 30.4 Å². The van der Waals surface area contributed by atoms with Crippen molar-refractivity contribution in [2.45, 2.75) is 58.1 Å². The average Bonchev–Trinajstić information content (AvgIpc) is 2.39. The second-order valence-electron chi connectivity index (χ2n) is 6.41. The van der Waals surface area contributed by atoms with E-state index in [1.54, 1.807) is 0 Å². The van der Waals surface area contributed by atoms with E-state index < -0.39 is 5.97 Å². The van der Waals surface area contributed by atoms with Gasteiger partial charge in [-0.25, -0.2) is 0 Å². The van der Waals surface area contributed by atoms with Crippen LogP contribution in [0.15, 0.2) is 0 Å². The van der Waals surface area contributed by atoms with Gasteiger partial charge in [-0.2, -0.15) is 0 Å². The second kappa shape index (κ2) is 6.71. The number of carboxylic acids is 1. The molecule has 0 saturated carbocycles. The van der Waals surface area contributed by atoms with Gasteiger partial charge in [0.2, 0.25) is 0 Å². The monoisotopic (exact) mass is 269 g/mol. The van der Waals surface area contributed by atoms with E-state index in [2.05, 4.69) is 18.7 Å². The number of carboxylic acid groups (broad SMARTS) is 1. The van der Waals surface area contributed by atoms with Crippen molar-refractivity contribution in [1.29, 1.82) is 0 Å². The Bertz CT molecular complexity index is 298. The fraction of sp³-hybridized carbons (Fsp3) is 0.933. The van der Waals surface area contributed by atoms with Gasteiger partial charge in [-0.05, 0) is 50.6 Å². The lowest BCUT2D eigenvalue weighted by molar-refractivity contribution is -0.138. The zero-order valence-corrected chi connectivity index (χ0v) is 12.2. The van der Waals surface area contributed by atoms with Gasteiger partial charge < -0.3 is 14.7 Å². The SMILES string of the molecule is CC(C)C1CC(N2CCC(CC(=O)O)CC2)CCO1. The molecule has 19 heavy (non-hydrogen) atoms. The van der Waals surface area contributed by atoms with Gasteiger partial charge in [-0.3, -0.25) is 4.79 Å². The highest BCUT2D eigenvalue weighted by molar-refractivity contribution is 5.67. The molecule has 2 atom stereocenters. The molecule has 4 nitrogen and oxygen atoms in total. The molecule has 2 heterocycles. The van der Waals surface area contributed by atoms with Crippen molar-refractivity contribution < 1.29 is 14.6 Å². The summed E-state index contributed by atoms with van der Waals surface area (Å²) in [5.74, 6) is 0.325. The minimum Gasteiger partial charge on any atom is -0.481 e. The molecule has 4 heteroatoms. The molecule has 0 amide bonds. The minimum absolute atomic E-state index is 0.343. The van der Waals surface area contributed by atoms with Crippen molar-refractivity contribution in [3.63, 3.8) is 0 Å². The minimum atomic E-state index is -0.649. The number of hydrogen-bond acceptors (Lipinski definition) is 3. The quantitative estimate of drug-likeness (QED) is 0.851. The fourth-order valence-electron chi connectivity index (χ4n) is 3.37. The fourth-order valence-corrected chi connectivity index (χ4v) is 3.37. The van der Waals surface area contributed by atoms with Crippen molar-refractivity contribution in [2.75, 3.05) is 19.7 Å². The Labute approximate surface area is 116 Å². The van der Waals surface area contributed by atoms with Gasteiger partial charge >= 0.3 is 5.97 Å². The Morgan fingerprint density at radius 3 is 2.58 bits per heavy atom.